The topological polar surface area (TPSA) is 51.1 Å². The average Bonchev–Trinajstić information content (AvgIpc) is 3.34. The Morgan fingerprint density at radius 2 is 2.03 bits per heavy atom. The van der Waals surface area contributed by atoms with Gasteiger partial charge in [-0.1, -0.05) is 24.3 Å². The first kappa shape index (κ1) is 18.9. The molecule has 0 radical (unpaired) electrons. The maximum atomic E-state index is 5.31. The van der Waals surface area contributed by atoms with Crippen LogP contribution < -0.4 is 4.74 Å². The molecule has 0 fully saturated rings. The van der Waals surface area contributed by atoms with Crippen LogP contribution in [0.1, 0.15) is 16.8 Å². The van der Waals surface area contributed by atoms with E-state index in [9.17, 15) is 0 Å². The molecule has 150 valence electrons. The van der Waals surface area contributed by atoms with Crippen molar-refractivity contribution in [3.63, 3.8) is 0 Å². The van der Waals surface area contributed by atoms with Crippen molar-refractivity contribution < 1.29 is 4.74 Å². The van der Waals surface area contributed by atoms with E-state index >= 15 is 0 Å². The molecule has 0 saturated carbocycles. The predicted octanol–water partition coefficient (Wildman–Crippen LogP) is 4.83. The van der Waals surface area contributed by atoms with Gasteiger partial charge in [-0.2, -0.15) is 0 Å². The molecule has 4 heterocycles. The number of benzene rings is 1. The quantitative estimate of drug-likeness (QED) is 0.468. The molecule has 0 saturated heterocycles. The van der Waals surface area contributed by atoms with Crippen molar-refractivity contribution in [1.29, 1.82) is 0 Å². The minimum atomic E-state index is 0.842. The lowest BCUT2D eigenvalue weighted by molar-refractivity contribution is 0.242. The van der Waals surface area contributed by atoms with Crippen LogP contribution in [0.15, 0.2) is 66.3 Å². The number of nitrogens with zero attached hydrogens (tertiary/aromatic N) is 4. The molecule has 0 bridgehead atoms. The highest BCUT2D eigenvalue weighted by atomic mass is 32.1. The van der Waals surface area contributed by atoms with E-state index in [1.807, 2.05) is 36.7 Å². The number of fused-ring (bicyclic) bond motifs is 1. The Hall–Kier alpha value is -3.09. The number of thiophene rings is 1. The maximum absolute atomic E-state index is 5.31. The van der Waals surface area contributed by atoms with E-state index in [-0.39, 0.29) is 0 Å². The van der Waals surface area contributed by atoms with Crippen LogP contribution in [-0.4, -0.2) is 33.5 Å². The van der Waals surface area contributed by atoms with E-state index in [1.165, 1.54) is 16.8 Å². The van der Waals surface area contributed by atoms with Crippen LogP contribution >= 0.6 is 11.3 Å². The van der Waals surface area contributed by atoms with Gasteiger partial charge in [0.05, 0.1) is 23.4 Å². The van der Waals surface area contributed by atoms with E-state index in [0.717, 1.165) is 53.8 Å². The molecule has 0 N–H and O–H groups in total. The van der Waals surface area contributed by atoms with Crippen LogP contribution in [0.3, 0.4) is 0 Å². The van der Waals surface area contributed by atoms with E-state index < -0.39 is 0 Å². The van der Waals surface area contributed by atoms with Gasteiger partial charge in [-0.05, 0) is 35.2 Å². The van der Waals surface area contributed by atoms with Gasteiger partial charge in [-0.25, -0.2) is 9.97 Å². The summed E-state index contributed by atoms with van der Waals surface area (Å²) in [6, 6.07) is 16.3. The van der Waals surface area contributed by atoms with Crippen molar-refractivity contribution in [2.75, 3.05) is 13.7 Å². The summed E-state index contributed by atoms with van der Waals surface area (Å²) in [5.74, 6) is 1.68. The summed E-state index contributed by atoms with van der Waals surface area (Å²) in [7, 11) is 1.68. The van der Waals surface area contributed by atoms with Crippen molar-refractivity contribution >= 4 is 11.3 Å². The third kappa shape index (κ3) is 3.97. The normalized spacial score (nSPS) is 13.8. The summed E-state index contributed by atoms with van der Waals surface area (Å²) in [6.45, 7) is 2.74. The molecule has 0 amide bonds. The number of aromatic nitrogens is 3. The number of ether oxygens (including phenoxy) is 1. The second-order valence-electron chi connectivity index (χ2n) is 7.39. The minimum Gasteiger partial charge on any atom is -0.497 e. The highest BCUT2D eigenvalue weighted by Crippen LogP contribution is 2.25. The molecule has 3 aromatic heterocycles. The molecule has 1 aromatic carbocycles. The molecule has 4 aromatic rings. The maximum Gasteiger partial charge on any atom is 0.169 e. The Bertz CT molecular complexity index is 1140. The fraction of sp³-hybridized carbons (Fsp3) is 0.208. The van der Waals surface area contributed by atoms with Crippen LogP contribution in [0.5, 0.6) is 5.75 Å². The van der Waals surface area contributed by atoms with E-state index in [0.29, 0.717) is 0 Å². The summed E-state index contributed by atoms with van der Waals surface area (Å²) in [6.07, 6.45) is 4.92. The van der Waals surface area contributed by atoms with Crippen molar-refractivity contribution in [3.8, 4) is 27.7 Å². The number of pyridine rings is 1. The zero-order chi connectivity index (χ0) is 20.3. The molecule has 6 heteroatoms. The molecular weight excluding hydrogens is 392 g/mol. The van der Waals surface area contributed by atoms with Crippen molar-refractivity contribution in [2.24, 2.45) is 0 Å². The number of rotatable bonds is 5. The van der Waals surface area contributed by atoms with Gasteiger partial charge in [0.15, 0.2) is 5.82 Å². The van der Waals surface area contributed by atoms with Gasteiger partial charge >= 0.3 is 0 Å². The number of hydrogen-bond donors (Lipinski definition) is 0. The molecular formula is C24H22N4OS. The van der Waals surface area contributed by atoms with Gasteiger partial charge < -0.3 is 4.74 Å². The fourth-order valence-electron chi connectivity index (χ4n) is 3.76. The van der Waals surface area contributed by atoms with Gasteiger partial charge in [0.2, 0.25) is 0 Å². The fourth-order valence-corrected chi connectivity index (χ4v) is 4.43. The standard InChI is InChI=1S/C24H22N4OS/c1-29-20-5-2-4-18(12-20)21-8-7-17(13-25-21)15-28-10-9-22-19(16-28)14-26-24(27-22)23-6-3-11-30-23/h2-8,11-14H,9-10,15-16H2,1H3. The summed E-state index contributed by atoms with van der Waals surface area (Å²) in [5, 5.41) is 2.06. The number of hydrogen-bond acceptors (Lipinski definition) is 6. The molecule has 1 aliphatic heterocycles. The van der Waals surface area contributed by atoms with Crippen LogP contribution in [0.2, 0.25) is 0 Å². The summed E-state index contributed by atoms with van der Waals surface area (Å²) in [4.78, 5) is 17.6. The van der Waals surface area contributed by atoms with Gasteiger partial charge in [-0.3, -0.25) is 9.88 Å². The Labute approximate surface area is 180 Å². The van der Waals surface area contributed by atoms with E-state index in [2.05, 4.69) is 44.5 Å². The molecule has 1 aliphatic rings. The molecule has 5 rings (SSSR count). The first-order valence-electron chi connectivity index (χ1n) is 9.99. The molecule has 0 spiro atoms. The predicted molar refractivity (Wildman–Crippen MR) is 119 cm³/mol. The molecule has 0 aliphatic carbocycles. The molecule has 5 nitrogen and oxygen atoms in total. The van der Waals surface area contributed by atoms with E-state index in [1.54, 1.807) is 18.4 Å². The lowest BCUT2D eigenvalue weighted by Crippen LogP contribution is -2.31. The largest absolute Gasteiger partial charge is 0.497 e. The van der Waals surface area contributed by atoms with Gasteiger partial charge in [0, 0.05) is 49.6 Å². The average molecular weight is 415 g/mol. The lowest BCUT2D eigenvalue weighted by Gasteiger charge is -2.28. The smallest absolute Gasteiger partial charge is 0.169 e. The van der Waals surface area contributed by atoms with Crippen LogP contribution in [0.4, 0.5) is 0 Å². The van der Waals surface area contributed by atoms with Crippen molar-refractivity contribution in [3.05, 3.63) is 83.1 Å². The van der Waals surface area contributed by atoms with E-state index in [4.69, 9.17) is 9.72 Å². The Morgan fingerprint density at radius 1 is 1.07 bits per heavy atom. The molecule has 30 heavy (non-hydrogen) atoms. The Kier molecular flexibility index (Phi) is 5.26. The monoisotopic (exact) mass is 414 g/mol. The lowest BCUT2D eigenvalue weighted by atomic mass is 10.1. The highest BCUT2D eigenvalue weighted by Gasteiger charge is 2.19. The third-order valence-corrected chi connectivity index (χ3v) is 6.22. The van der Waals surface area contributed by atoms with Gasteiger partial charge in [-0.15, -0.1) is 11.3 Å². The van der Waals surface area contributed by atoms with Crippen LogP contribution in [0.25, 0.3) is 22.0 Å². The Morgan fingerprint density at radius 3 is 2.83 bits per heavy atom. The summed E-state index contributed by atoms with van der Waals surface area (Å²) in [5.41, 5.74) is 5.63. The second-order valence-corrected chi connectivity index (χ2v) is 8.33. The zero-order valence-electron chi connectivity index (χ0n) is 16.8. The summed E-state index contributed by atoms with van der Waals surface area (Å²) >= 11 is 1.68. The van der Waals surface area contributed by atoms with Crippen LogP contribution in [-0.2, 0) is 19.5 Å². The second kappa shape index (κ2) is 8.34. The van der Waals surface area contributed by atoms with Gasteiger partial charge in [0.25, 0.3) is 0 Å². The van der Waals surface area contributed by atoms with Gasteiger partial charge in [0.1, 0.15) is 5.75 Å². The number of methoxy groups -OCH3 is 1. The molecule has 0 unspecified atom stereocenters. The van der Waals surface area contributed by atoms with Crippen LogP contribution in [0, 0.1) is 0 Å². The highest BCUT2D eigenvalue weighted by molar-refractivity contribution is 7.13. The zero-order valence-corrected chi connectivity index (χ0v) is 17.6. The Balaban J connectivity index is 1.27. The minimum absolute atomic E-state index is 0.842. The first-order valence-corrected chi connectivity index (χ1v) is 10.9. The molecule has 0 atom stereocenters. The van der Waals surface area contributed by atoms with Crippen molar-refractivity contribution in [2.45, 2.75) is 19.5 Å². The SMILES string of the molecule is COc1cccc(-c2ccc(CN3CCc4nc(-c5cccs5)ncc4C3)cn2)c1. The summed E-state index contributed by atoms with van der Waals surface area (Å²) < 4.78 is 5.31. The third-order valence-electron chi connectivity index (χ3n) is 5.35. The van der Waals surface area contributed by atoms with Crippen molar-refractivity contribution in [1.82, 2.24) is 19.9 Å². The first-order chi connectivity index (χ1) is 14.8.